The molecule has 0 saturated heterocycles. The molecule has 12 heteroatoms. The zero-order valence-electron chi connectivity index (χ0n) is 19.1. The summed E-state index contributed by atoms with van der Waals surface area (Å²) in [6, 6.07) is 1.96. The van der Waals surface area contributed by atoms with E-state index in [-0.39, 0.29) is 6.42 Å². The number of aromatic nitrogens is 1. The molecule has 9 N–H and O–H groups in total. The van der Waals surface area contributed by atoms with Crippen LogP contribution < -0.4 is 21.7 Å². The predicted molar refractivity (Wildman–Crippen MR) is 122 cm³/mol. The fourth-order valence-electron chi connectivity index (χ4n) is 3.32. The van der Waals surface area contributed by atoms with E-state index < -0.39 is 60.1 Å². The van der Waals surface area contributed by atoms with Gasteiger partial charge in [-0.1, -0.05) is 18.2 Å². The van der Waals surface area contributed by atoms with E-state index in [2.05, 4.69) is 20.9 Å². The Morgan fingerprint density at radius 2 is 1.44 bits per heavy atom. The van der Waals surface area contributed by atoms with E-state index in [1.54, 1.807) is 12.3 Å². The van der Waals surface area contributed by atoms with Gasteiger partial charge in [-0.2, -0.15) is 0 Å². The number of carboxylic acids is 1. The number of H-pyrrole nitrogens is 1. The molecule has 0 aliphatic rings. The first-order valence-corrected chi connectivity index (χ1v) is 10.7. The third-order valence-electron chi connectivity index (χ3n) is 5.25. The summed E-state index contributed by atoms with van der Waals surface area (Å²) in [6.07, 6.45) is -1.15. The lowest BCUT2D eigenvalue weighted by Gasteiger charge is -2.27. The molecule has 0 spiro atoms. The van der Waals surface area contributed by atoms with E-state index in [1.807, 2.05) is 18.2 Å². The lowest BCUT2D eigenvalue weighted by Crippen LogP contribution is -2.61. The number of nitrogens with two attached hydrogens (primary N) is 1. The number of nitrogens with one attached hydrogen (secondary N) is 4. The van der Waals surface area contributed by atoms with Gasteiger partial charge in [-0.15, -0.1) is 0 Å². The Bertz CT molecular complexity index is 1030. The van der Waals surface area contributed by atoms with E-state index >= 15 is 0 Å². The summed E-state index contributed by atoms with van der Waals surface area (Å²) in [5.74, 6) is -3.91. The number of aliphatic hydroxyl groups excluding tert-OH is 2. The second kappa shape index (κ2) is 11.6. The van der Waals surface area contributed by atoms with Gasteiger partial charge in [-0.25, -0.2) is 4.79 Å². The van der Waals surface area contributed by atoms with E-state index in [1.165, 1.54) is 20.8 Å². The number of hydrogen-bond donors (Lipinski definition) is 8. The zero-order chi connectivity index (χ0) is 25.6. The number of carbonyl (C=O) groups is 4. The maximum atomic E-state index is 12.8. The van der Waals surface area contributed by atoms with Crippen molar-refractivity contribution >= 4 is 34.6 Å². The number of hydrogen-bond acceptors (Lipinski definition) is 7. The van der Waals surface area contributed by atoms with Crippen LogP contribution in [-0.2, 0) is 25.6 Å². The minimum Gasteiger partial charge on any atom is -0.480 e. The van der Waals surface area contributed by atoms with Crippen LogP contribution >= 0.6 is 0 Å². The summed E-state index contributed by atoms with van der Waals surface area (Å²) < 4.78 is 0. The van der Waals surface area contributed by atoms with Gasteiger partial charge in [0.2, 0.25) is 17.7 Å². The Morgan fingerprint density at radius 1 is 0.912 bits per heavy atom. The van der Waals surface area contributed by atoms with Crippen molar-refractivity contribution in [2.75, 3.05) is 0 Å². The fraction of sp³-hybridized carbons (Fsp3) is 0.455. The van der Waals surface area contributed by atoms with Gasteiger partial charge in [0, 0.05) is 23.5 Å². The summed E-state index contributed by atoms with van der Waals surface area (Å²) in [5, 5.41) is 37.3. The van der Waals surface area contributed by atoms with Crippen LogP contribution in [0.15, 0.2) is 30.5 Å². The number of benzene rings is 1. The van der Waals surface area contributed by atoms with Gasteiger partial charge in [0.1, 0.15) is 18.1 Å². The second-order valence-electron chi connectivity index (χ2n) is 8.21. The molecule has 12 nitrogen and oxygen atoms in total. The van der Waals surface area contributed by atoms with Crippen molar-refractivity contribution in [3.63, 3.8) is 0 Å². The van der Waals surface area contributed by atoms with Gasteiger partial charge < -0.3 is 42.0 Å². The zero-order valence-corrected chi connectivity index (χ0v) is 19.1. The minimum atomic E-state index is -1.55. The molecule has 6 unspecified atom stereocenters. The molecule has 1 aromatic carbocycles. The molecule has 0 saturated carbocycles. The van der Waals surface area contributed by atoms with Crippen LogP contribution in [0.3, 0.4) is 0 Å². The number of fused-ring (bicyclic) bond motifs is 1. The number of aromatic amines is 1. The predicted octanol–water partition coefficient (Wildman–Crippen LogP) is -1.64. The SMILES string of the molecule is CC(N)C(=O)NC(C(=O)NC(C(=O)NC(Cc1c[nH]c2ccccc12)C(=O)O)C(C)O)C(C)O. The first kappa shape index (κ1) is 26.8. The monoisotopic (exact) mass is 477 g/mol. The quantitative estimate of drug-likeness (QED) is 0.188. The summed E-state index contributed by atoms with van der Waals surface area (Å²) >= 11 is 0. The first-order chi connectivity index (χ1) is 15.9. The summed E-state index contributed by atoms with van der Waals surface area (Å²) in [5.41, 5.74) is 6.93. The van der Waals surface area contributed by atoms with Crippen LogP contribution in [0.4, 0.5) is 0 Å². The summed E-state index contributed by atoms with van der Waals surface area (Å²) in [6.45, 7) is 3.88. The normalized spacial score (nSPS) is 16.5. The van der Waals surface area contributed by atoms with Crippen molar-refractivity contribution in [1.82, 2.24) is 20.9 Å². The van der Waals surface area contributed by atoms with Gasteiger partial charge >= 0.3 is 5.97 Å². The molecule has 0 fully saturated rings. The summed E-state index contributed by atoms with van der Waals surface area (Å²) in [7, 11) is 0. The lowest BCUT2D eigenvalue weighted by atomic mass is 10.0. The molecular weight excluding hydrogens is 446 g/mol. The average Bonchev–Trinajstić information content (AvgIpc) is 3.17. The highest BCUT2D eigenvalue weighted by molar-refractivity contribution is 5.94. The standard InChI is InChI=1S/C22H31N5O7/c1-10(23)19(30)26-18(12(3)29)21(32)27-17(11(2)28)20(31)25-16(22(33)34)8-13-9-24-15-7-5-4-6-14(13)15/h4-7,9-12,16-18,24,28-29H,8,23H2,1-3H3,(H,25,31)(H,26,30)(H,27,32)(H,33,34). The molecule has 6 atom stereocenters. The highest BCUT2D eigenvalue weighted by atomic mass is 16.4. The topological polar surface area (TPSA) is 207 Å². The highest BCUT2D eigenvalue weighted by Gasteiger charge is 2.34. The molecule has 3 amide bonds. The van der Waals surface area contributed by atoms with Gasteiger partial charge in [0.05, 0.1) is 18.2 Å². The van der Waals surface area contributed by atoms with E-state index in [0.29, 0.717) is 5.56 Å². The number of rotatable bonds is 11. The molecule has 186 valence electrons. The van der Waals surface area contributed by atoms with Crippen LogP contribution in [0.25, 0.3) is 10.9 Å². The number of aliphatic hydroxyl groups is 2. The molecule has 2 rings (SSSR count). The maximum absolute atomic E-state index is 12.8. The average molecular weight is 478 g/mol. The van der Waals surface area contributed by atoms with Gasteiger partial charge in [0.25, 0.3) is 0 Å². The van der Waals surface area contributed by atoms with E-state index in [9.17, 15) is 34.5 Å². The number of amides is 3. The molecular formula is C22H31N5O7. The molecule has 0 bridgehead atoms. The first-order valence-electron chi connectivity index (χ1n) is 10.7. The van der Waals surface area contributed by atoms with Crippen LogP contribution in [0.2, 0.25) is 0 Å². The van der Waals surface area contributed by atoms with Crippen molar-refractivity contribution in [1.29, 1.82) is 0 Å². The molecule has 0 aliphatic carbocycles. The Morgan fingerprint density at radius 3 is 1.97 bits per heavy atom. The second-order valence-corrected chi connectivity index (χ2v) is 8.21. The Kier molecular flexibility index (Phi) is 9.12. The van der Waals surface area contributed by atoms with Gasteiger partial charge in [-0.05, 0) is 32.4 Å². The lowest BCUT2D eigenvalue weighted by molar-refractivity contribution is -0.143. The van der Waals surface area contributed by atoms with Gasteiger partial charge in [0.15, 0.2) is 0 Å². The number of aliphatic carboxylic acids is 1. The van der Waals surface area contributed by atoms with E-state index in [4.69, 9.17) is 5.73 Å². The molecule has 2 aromatic rings. The van der Waals surface area contributed by atoms with Crippen LogP contribution in [0, 0.1) is 0 Å². The Balaban J connectivity index is 2.15. The molecule has 1 heterocycles. The van der Waals surface area contributed by atoms with Crippen molar-refractivity contribution in [3.8, 4) is 0 Å². The van der Waals surface area contributed by atoms with Gasteiger partial charge in [-0.3, -0.25) is 14.4 Å². The Hall–Kier alpha value is -3.48. The number of carbonyl (C=O) groups excluding carboxylic acids is 3. The Labute approximate surface area is 195 Å². The molecule has 0 aliphatic heterocycles. The van der Waals surface area contributed by atoms with Crippen molar-refractivity contribution in [3.05, 3.63) is 36.0 Å². The summed E-state index contributed by atoms with van der Waals surface area (Å²) in [4.78, 5) is 52.2. The highest BCUT2D eigenvalue weighted by Crippen LogP contribution is 2.19. The van der Waals surface area contributed by atoms with Crippen molar-refractivity contribution in [2.24, 2.45) is 5.73 Å². The maximum Gasteiger partial charge on any atom is 0.326 e. The van der Waals surface area contributed by atoms with Crippen molar-refractivity contribution < 1.29 is 34.5 Å². The molecule has 34 heavy (non-hydrogen) atoms. The van der Waals surface area contributed by atoms with Crippen LogP contribution in [-0.4, -0.2) is 80.4 Å². The minimum absolute atomic E-state index is 0.0493. The largest absolute Gasteiger partial charge is 0.480 e. The fourth-order valence-corrected chi connectivity index (χ4v) is 3.32. The van der Waals surface area contributed by atoms with Crippen molar-refractivity contribution in [2.45, 2.75) is 63.6 Å². The van der Waals surface area contributed by atoms with Crippen LogP contribution in [0.1, 0.15) is 26.3 Å². The third-order valence-corrected chi connectivity index (χ3v) is 5.25. The third kappa shape index (κ3) is 6.76. The number of carboxylic acid groups (broad SMARTS) is 1. The smallest absolute Gasteiger partial charge is 0.326 e. The number of para-hydroxylation sites is 1. The van der Waals surface area contributed by atoms with Crippen LogP contribution in [0.5, 0.6) is 0 Å². The van der Waals surface area contributed by atoms with E-state index in [0.717, 1.165) is 10.9 Å². The molecule has 0 radical (unpaired) electrons. The molecule has 1 aromatic heterocycles.